The van der Waals surface area contributed by atoms with Crippen LogP contribution < -0.4 is 15.5 Å². The van der Waals surface area contributed by atoms with Crippen LogP contribution in [-0.2, 0) is 0 Å². The molecule has 0 aliphatic heterocycles. The van der Waals surface area contributed by atoms with E-state index < -0.39 is 0 Å². The number of rotatable bonds is 8. The fraction of sp³-hybridized carbons (Fsp3) is 0.297. The van der Waals surface area contributed by atoms with Crippen LogP contribution >= 0.6 is 11.3 Å². The van der Waals surface area contributed by atoms with Crippen LogP contribution in [-0.4, -0.2) is 18.5 Å². The van der Waals surface area contributed by atoms with E-state index in [0.29, 0.717) is 5.92 Å². The highest BCUT2D eigenvalue weighted by Crippen LogP contribution is 2.26. The van der Waals surface area contributed by atoms with E-state index in [2.05, 4.69) is 132 Å². The van der Waals surface area contributed by atoms with Crippen molar-refractivity contribution in [3.63, 3.8) is 0 Å². The minimum Gasteiger partial charge on any atom is -0.405 e. The maximum Gasteiger partial charge on any atom is 0.0389 e. The molecule has 0 amide bonds. The van der Waals surface area contributed by atoms with Gasteiger partial charge in [-0.25, -0.2) is 0 Å². The van der Waals surface area contributed by atoms with Gasteiger partial charge in [0.1, 0.15) is 0 Å². The van der Waals surface area contributed by atoms with E-state index in [1.807, 2.05) is 30.4 Å². The van der Waals surface area contributed by atoms with Crippen molar-refractivity contribution in [1.82, 2.24) is 4.90 Å². The van der Waals surface area contributed by atoms with Gasteiger partial charge in [0.25, 0.3) is 0 Å². The topological polar surface area (TPSA) is 29.3 Å². The maximum absolute atomic E-state index is 5.36. The Morgan fingerprint density at radius 1 is 1.10 bits per heavy atom. The number of hydrogen-bond acceptors (Lipinski definition) is 3. The lowest BCUT2D eigenvalue weighted by molar-refractivity contribution is 0.536. The molecule has 0 bridgehead atoms. The van der Waals surface area contributed by atoms with E-state index in [9.17, 15) is 0 Å². The number of likely N-dealkylation sites (N-methyl/N-ethyl adjacent to an activating group) is 1. The third-order valence-electron chi connectivity index (χ3n) is 6.40. The molecule has 0 aliphatic carbocycles. The van der Waals surface area contributed by atoms with E-state index in [1.165, 1.54) is 42.1 Å². The van der Waals surface area contributed by atoms with E-state index in [4.69, 9.17) is 5.73 Å². The molecule has 2 N–H and O–H groups in total. The molecule has 3 heteroatoms. The van der Waals surface area contributed by atoms with Gasteiger partial charge in [0.05, 0.1) is 0 Å². The van der Waals surface area contributed by atoms with E-state index in [-0.39, 0.29) is 0 Å². The number of nitrogens with zero attached hydrogens (tertiary/aromatic N) is 1. The van der Waals surface area contributed by atoms with Crippen LogP contribution in [0, 0.1) is 19.3 Å². The highest BCUT2D eigenvalue weighted by atomic mass is 32.1. The minimum atomic E-state index is 0.551. The van der Waals surface area contributed by atoms with Gasteiger partial charge in [-0.1, -0.05) is 98.8 Å². The molecule has 0 radical (unpaired) electrons. The van der Waals surface area contributed by atoms with Gasteiger partial charge in [-0.3, -0.25) is 0 Å². The molecule has 1 aromatic heterocycles. The van der Waals surface area contributed by atoms with Gasteiger partial charge >= 0.3 is 0 Å². The highest BCUT2D eigenvalue weighted by Gasteiger charge is 2.09. The summed E-state index contributed by atoms with van der Waals surface area (Å²) < 4.78 is 2.85. The smallest absolute Gasteiger partial charge is 0.0389 e. The summed E-state index contributed by atoms with van der Waals surface area (Å²) in [5.74, 6) is 2.80. The molecule has 3 aromatic rings. The lowest BCUT2D eigenvalue weighted by Gasteiger charge is -2.21. The average Bonchev–Trinajstić information content (AvgIpc) is 3.33. The van der Waals surface area contributed by atoms with E-state index >= 15 is 0 Å². The first-order valence-electron chi connectivity index (χ1n) is 13.8. The Kier molecular flexibility index (Phi) is 15.9. The number of allylic oxidation sites excluding steroid dienone is 4. The van der Waals surface area contributed by atoms with Gasteiger partial charge in [0, 0.05) is 39.5 Å². The van der Waals surface area contributed by atoms with E-state index in [0.717, 1.165) is 18.7 Å². The van der Waals surface area contributed by atoms with Gasteiger partial charge in [-0.15, -0.1) is 23.7 Å². The van der Waals surface area contributed by atoms with Crippen molar-refractivity contribution >= 4 is 38.8 Å². The minimum absolute atomic E-state index is 0.551. The first kappa shape index (κ1) is 34.3. The Morgan fingerprint density at radius 3 is 2.35 bits per heavy atom. The Balaban J connectivity index is 0.000000386. The van der Waals surface area contributed by atoms with Crippen LogP contribution in [0.2, 0.25) is 0 Å². The SMILES string of the molecule is C#CC.C/C=c1\c(=C(/C)C/C=C\C=C/N)sc2c(C(C)C)cccc12.C=C(c1ccccc1C)N(C)C/C=C\C. The summed E-state index contributed by atoms with van der Waals surface area (Å²) in [4.78, 5) is 2.16. The van der Waals surface area contributed by atoms with Crippen molar-refractivity contribution in [2.24, 2.45) is 5.73 Å². The molecule has 0 fully saturated rings. The third-order valence-corrected chi connectivity index (χ3v) is 7.83. The summed E-state index contributed by atoms with van der Waals surface area (Å²) >= 11 is 1.93. The molecule has 0 spiro atoms. The van der Waals surface area contributed by atoms with Crippen LogP contribution in [0.15, 0.2) is 85.6 Å². The first-order valence-corrected chi connectivity index (χ1v) is 14.6. The summed E-state index contributed by atoms with van der Waals surface area (Å²) in [7, 11) is 2.06. The predicted octanol–water partition coefficient (Wildman–Crippen LogP) is 8.53. The van der Waals surface area contributed by atoms with Crippen molar-refractivity contribution in [3.05, 3.63) is 112 Å². The number of terminal acetylenes is 1. The molecule has 2 nitrogen and oxygen atoms in total. The van der Waals surface area contributed by atoms with Gasteiger partial charge in [-0.05, 0) is 75.6 Å². The molecule has 0 saturated carbocycles. The standard InChI is InChI=1S/C20H25NS.C14H19N.C3H4/c1-5-16-18-12-9-11-17(14(2)3)20(18)22-19(16)15(4)10-7-6-8-13-21;1-5-6-11-15(4)13(3)14-10-8-7-9-12(14)2;1-3-2/h5-9,11-14H,10,21H2,1-4H3;5-10H,3,11H2,1-2,4H3;1H,2H3/b7-6-,13-8-,16-5-,19-15-;6-5-;. The van der Waals surface area contributed by atoms with E-state index in [1.54, 1.807) is 13.1 Å². The molecule has 40 heavy (non-hydrogen) atoms. The lowest BCUT2D eigenvalue weighted by Crippen LogP contribution is -2.20. The fourth-order valence-electron chi connectivity index (χ4n) is 4.17. The number of fused-ring (bicyclic) bond motifs is 1. The summed E-state index contributed by atoms with van der Waals surface area (Å²) in [6, 6.07) is 15.0. The largest absolute Gasteiger partial charge is 0.405 e. The zero-order valence-electron chi connectivity index (χ0n) is 25.8. The average molecular weight is 553 g/mol. The molecule has 0 aliphatic rings. The molecule has 0 atom stereocenters. The van der Waals surface area contributed by atoms with Crippen LogP contribution in [0.5, 0.6) is 0 Å². The zero-order valence-corrected chi connectivity index (χ0v) is 26.6. The van der Waals surface area contributed by atoms with Gasteiger partial charge in [-0.2, -0.15) is 0 Å². The molecule has 1 heterocycles. The van der Waals surface area contributed by atoms with Crippen molar-refractivity contribution in [2.45, 2.75) is 60.8 Å². The van der Waals surface area contributed by atoms with Crippen molar-refractivity contribution < 1.29 is 0 Å². The predicted molar refractivity (Wildman–Crippen MR) is 184 cm³/mol. The van der Waals surface area contributed by atoms with Crippen molar-refractivity contribution in [3.8, 4) is 12.3 Å². The van der Waals surface area contributed by atoms with Crippen LogP contribution in [0.3, 0.4) is 0 Å². The van der Waals surface area contributed by atoms with Gasteiger partial charge in [0.15, 0.2) is 0 Å². The lowest BCUT2D eigenvalue weighted by atomic mass is 10.0. The third kappa shape index (κ3) is 10.1. The summed E-state index contributed by atoms with van der Waals surface area (Å²) in [5, 5.41) is 2.77. The van der Waals surface area contributed by atoms with Gasteiger partial charge in [0.2, 0.25) is 0 Å². The summed E-state index contributed by atoms with van der Waals surface area (Å²) in [6.07, 6.45) is 19.6. The second-order valence-corrected chi connectivity index (χ2v) is 10.8. The normalized spacial score (nSPS) is 12.3. The fourth-order valence-corrected chi connectivity index (χ4v) is 5.68. The number of hydrogen-bond donors (Lipinski definition) is 1. The Hall–Kier alpha value is -3.74. The molecule has 3 rings (SSSR count). The molecule has 0 unspecified atom stereocenters. The second kappa shape index (κ2) is 18.5. The monoisotopic (exact) mass is 552 g/mol. The summed E-state index contributed by atoms with van der Waals surface area (Å²) in [6.45, 7) is 19.7. The Bertz CT molecular complexity index is 1470. The Morgan fingerprint density at radius 2 is 1.77 bits per heavy atom. The Labute approximate surface area is 247 Å². The first-order chi connectivity index (χ1) is 19.2. The molecular formula is C37H48N2S. The number of thiophene rings is 1. The second-order valence-electron chi connectivity index (χ2n) is 9.81. The molecule has 0 saturated heterocycles. The maximum atomic E-state index is 5.36. The zero-order chi connectivity index (χ0) is 30.1. The molecule has 2 aromatic carbocycles. The molecular weight excluding hydrogens is 504 g/mol. The molecule has 212 valence electrons. The van der Waals surface area contributed by atoms with Crippen molar-refractivity contribution in [1.29, 1.82) is 0 Å². The van der Waals surface area contributed by atoms with Gasteiger partial charge < -0.3 is 10.6 Å². The quantitative estimate of drug-likeness (QED) is 0.172. The van der Waals surface area contributed by atoms with Crippen LogP contribution in [0.1, 0.15) is 70.6 Å². The number of nitrogens with two attached hydrogens (primary N) is 1. The highest BCUT2D eigenvalue weighted by molar-refractivity contribution is 7.17. The van der Waals surface area contributed by atoms with Crippen LogP contribution in [0.4, 0.5) is 0 Å². The van der Waals surface area contributed by atoms with Crippen LogP contribution in [0.25, 0.3) is 27.4 Å². The van der Waals surface area contributed by atoms with Crippen molar-refractivity contribution in [2.75, 3.05) is 13.6 Å². The summed E-state index contributed by atoms with van der Waals surface area (Å²) in [5.41, 5.74) is 11.8. The number of aryl methyl sites for hydroxylation is 1. The number of benzene rings is 2.